The van der Waals surface area contributed by atoms with Crippen LogP contribution < -0.4 is 37.2 Å². The highest BCUT2D eigenvalue weighted by molar-refractivity contribution is 5.91. The summed E-state index contributed by atoms with van der Waals surface area (Å²) >= 11 is 0. The third-order valence-corrected chi connectivity index (χ3v) is 7.41. The Bertz CT molecular complexity index is 1400. The van der Waals surface area contributed by atoms with Crippen LogP contribution in [0.1, 0.15) is 141 Å². The lowest BCUT2D eigenvalue weighted by molar-refractivity contribution is -0.130. The fourth-order valence-corrected chi connectivity index (χ4v) is 5.00. The maximum absolute atomic E-state index is 13.6. The number of hydrogen-bond acceptors (Lipinski definition) is 11. The van der Waals surface area contributed by atoms with Crippen LogP contribution in [0.25, 0.3) is 0 Å². The zero-order valence-corrected chi connectivity index (χ0v) is 37.5. The largest absolute Gasteiger partial charge is 0.444 e. The molecule has 0 rings (SSSR count). The lowest BCUT2D eigenvalue weighted by Crippen LogP contribution is -2.54. The van der Waals surface area contributed by atoms with Gasteiger partial charge in [-0.15, -0.1) is 6.42 Å². The summed E-state index contributed by atoms with van der Waals surface area (Å²) in [6.07, 6.45) is 5.96. The molecule has 0 fully saturated rings. The molecule has 338 valence electrons. The fourth-order valence-electron chi connectivity index (χ4n) is 5.00. The molecule has 0 aromatic carbocycles. The number of terminal acetylenes is 1. The maximum Gasteiger partial charge on any atom is 0.408 e. The van der Waals surface area contributed by atoms with Gasteiger partial charge in [0.15, 0.2) is 0 Å². The van der Waals surface area contributed by atoms with E-state index in [1.165, 1.54) is 0 Å². The van der Waals surface area contributed by atoms with Crippen LogP contribution in [0.2, 0.25) is 0 Å². The minimum absolute atomic E-state index is 0.0748. The van der Waals surface area contributed by atoms with Crippen LogP contribution in [0.4, 0.5) is 19.2 Å². The molecule has 18 heteroatoms. The highest BCUT2D eigenvalue weighted by Gasteiger charge is 2.29. The molecule has 0 saturated carbocycles. The molecule has 0 bridgehead atoms. The molecule has 0 heterocycles. The Morgan fingerprint density at radius 1 is 0.424 bits per heavy atom. The highest BCUT2D eigenvalue weighted by atomic mass is 16.6. The number of rotatable bonds is 22. The summed E-state index contributed by atoms with van der Waals surface area (Å²) in [6, 6.07) is -3.02. The average molecular weight is 840 g/mol. The van der Waals surface area contributed by atoms with Crippen LogP contribution in [0.15, 0.2) is 0 Å². The zero-order valence-electron chi connectivity index (χ0n) is 37.5. The van der Waals surface area contributed by atoms with Crippen LogP contribution in [-0.4, -0.2) is 109 Å². The second-order valence-corrected chi connectivity index (χ2v) is 18.0. The Labute approximate surface area is 351 Å². The van der Waals surface area contributed by atoms with Gasteiger partial charge in [0.25, 0.3) is 0 Å². The smallest absolute Gasteiger partial charge is 0.408 e. The van der Waals surface area contributed by atoms with Crippen molar-refractivity contribution >= 4 is 42.1 Å². The monoisotopic (exact) mass is 840 g/mol. The van der Waals surface area contributed by atoms with E-state index in [1.54, 1.807) is 83.1 Å². The Kier molecular flexibility index (Phi) is 24.0. The summed E-state index contributed by atoms with van der Waals surface area (Å²) in [7, 11) is 0. The van der Waals surface area contributed by atoms with Crippen molar-refractivity contribution in [3.63, 3.8) is 0 Å². The molecule has 0 aliphatic rings. The van der Waals surface area contributed by atoms with Gasteiger partial charge in [-0.05, 0) is 141 Å². The van der Waals surface area contributed by atoms with E-state index in [1.807, 2.05) is 0 Å². The molecule has 0 aromatic rings. The third kappa shape index (κ3) is 30.8. The van der Waals surface area contributed by atoms with Crippen molar-refractivity contribution in [1.29, 1.82) is 0 Å². The first kappa shape index (κ1) is 54.0. The third-order valence-electron chi connectivity index (χ3n) is 7.41. The minimum atomic E-state index is -1.07. The standard InChI is InChI=1S/C41H73N7O11/c1-14-24-42-31(49)28(46-33(51)30(48-37(55)59-41(11,12)13)23-17-20-27-45-35(53)57-39(5,6)7)21-15-18-25-43-32(50)29(47-36(54)58-40(8,9)10)22-16-19-26-44-34(52)56-38(2,3)4/h1,28-30H,15-27H2,2-13H3,(H,42,49)(H,43,50)(H,44,52)(H,45,53)(H,46,51)(H,47,54)(H,48,55)/t28-,29-,30-/m0/s1. The molecule has 0 aliphatic carbocycles. The van der Waals surface area contributed by atoms with Gasteiger partial charge < -0.3 is 56.2 Å². The van der Waals surface area contributed by atoms with Gasteiger partial charge in [-0.1, -0.05) is 5.92 Å². The van der Waals surface area contributed by atoms with Crippen LogP contribution >= 0.6 is 0 Å². The molecule has 3 atom stereocenters. The van der Waals surface area contributed by atoms with Crippen molar-refractivity contribution in [2.45, 2.75) is 181 Å². The molecule has 0 unspecified atom stereocenters. The van der Waals surface area contributed by atoms with E-state index in [0.29, 0.717) is 45.1 Å². The minimum Gasteiger partial charge on any atom is -0.444 e. The summed E-state index contributed by atoms with van der Waals surface area (Å²) in [5.41, 5.74) is -2.91. The van der Waals surface area contributed by atoms with Gasteiger partial charge in [0.05, 0.1) is 6.54 Å². The molecule has 7 N–H and O–H groups in total. The first-order chi connectivity index (χ1) is 27.1. The van der Waals surface area contributed by atoms with E-state index in [-0.39, 0.29) is 38.9 Å². The first-order valence-corrected chi connectivity index (χ1v) is 20.3. The first-order valence-electron chi connectivity index (χ1n) is 20.3. The molecule has 7 amide bonds. The number of hydrogen-bond donors (Lipinski definition) is 7. The van der Waals surface area contributed by atoms with Crippen molar-refractivity contribution in [3.05, 3.63) is 0 Å². The second kappa shape index (κ2) is 26.2. The summed E-state index contributed by atoms with van der Waals surface area (Å²) in [4.78, 5) is 89.1. The van der Waals surface area contributed by atoms with E-state index in [2.05, 4.69) is 43.1 Å². The topological polar surface area (TPSA) is 241 Å². The summed E-state index contributed by atoms with van der Waals surface area (Å²) in [5.74, 6) is 0.740. The van der Waals surface area contributed by atoms with Gasteiger partial charge in [-0.3, -0.25) is 14.4 Å². The van der Waals surface area contributed by atoms with E-state index in [4.69, 9.17) is 25.4 Å². The van der Waals surface area contributed by atoms with E-state index in [0.717, 1.165) is 0 Å². The second-order valence-electron chi connectivity index (χ2n) is 18.0. The summed E-state index contributed by atoms with van der Waals surface area (Å²) in [6.45, 7) is 21.4. The normalized spacial score (nSPS) is 13.2. The van der Waals surface area contributed by atoms with Crippen LogP contribution in [0, 0.1) is 12.3 Å². The molecule has 0 radical (unpaired) electrons. The number of ether oxygens (including phenoxy) is 4. The van der Waals surface area contributed by atoms with Crippen LogP contribution in [0.3, 0.4) is 0 Å². The predicted octanol–water partition coefficient (Wildman–Crippen LogP) is 4.68. The quantitative estimate of drug-likeness (QED) is 0.0449. The molecule has 18 nitrogen and oxygen atoms in total. The van der Waals surface area contributed by atoms with Gasteiger partial charge in [0.1, 0.15) is 40.5 Å². The van der Waals surface area contributed by atoms with Gasteiger partial charge in [-0.2, -0.15) is 0 Å². The van der Waals surface area contributed by atoms with E-state index >= 15 is 0 Å². The fraction of sp³-hybridized carbons (Fsp3) is 0.780. The molecular formula is C41H73N7O11. The molecule has 0 spiro atoms. The highest BCUT2D eigenvalue weighted by Crippen LogP contribution is 2.12. The summed E-state index contributed by atoms with van der Waals surface area (Å²) in [5, 5.41) is 18.7. The Morgan fingerprint density at radius 2 is 0.729 bits per heavy atom. The number of carbonyl (C=O) groups is 7. The van der Waals surface area contributed by atoms with Crippen molar-refractivity contribution in [2.75, 3.05) is 26.2 Å². The lowest BCUT2D eigenvalue weighted by Gasteiger charge is -2.25. The van der Waals surface area contributed by atoms with Crippen molar-refractivity contribution in [1.82, 2.24) is 37.2 Å². The van der Waals surface area contributed by atoms with Gasteiger partial charge in [0, 0.05) is 19.6 Å². The van der Waals surface area contributed by atoms with Gasteiger partial charge >= 0.3 is 24.4 Å². The molecule has 0 aromatic heterocycles. The molecule has 0 aliphatic heterocycles. The maximum atomic E-state index is 13.6. The van der Waals surface area contributed by atoms with E-state index < -0.39 is 82.6 Å². The van der Waals surface area contributed by atoms with Gasteiger partial charge in [0.2, 0.25) is 17.7 Å². The van der Waals surface area contributed by atoms with E-state index in [9.17, 15) is 33.6 Å². The number of unbranched alkanes of at least 4 members (excludes halogenated alkanes) is 3. The van der Waals surface area contributed by atoms with Crippen molar-refractivity contribution < 1.29 is 52.5 Å². The predicted molar refractivity (Wildman–Crippen MR) is 223 cm³/mol. The molecule has 0 saturated heterocycles. The van der Waals surface area contributed by atoms with Crippen molar-refractivity contribution in [3.8, 4) is 12.3 Å². The van der Waals surface area contributed by atoms with Gasteiger partial charge in [-0.25, -0.2) is 19.2 Å². The number of nitrogens with one attached hydrogen (secondary N) is 7. The molecular weight excluding hydrogens is 766 g/mol. The Balaban J connectivity index is 5.52. The SMILES string of the molecule is C#CCNC(=O)[C@H](CCCCNC(=O)[C@H](CCCCNC(=O)OC(C)(C)C)NC(=O)OC(C)(C)C)NC(=O)[C@H](CCCCNC(=O)OC(C)(C)C)NC(=O)OC(C)(C)C. The summed E-state index contributed by atoms with van der Waals surface area (Å²) < 4.78 is 21.2. The number of amides is 7. The lowest BCUT2D eigenvalue weighted by atomic mass is 10.1. The molecule has 59 heavy (non-hydrogen) atoms. The van der Waals surface area contributed by atoms with Crippen molar-refractivity contribution in [2.24, 2.45) is 0 Å². The van der Waals surface area contributed by atoms with Crippen LogP contribution in [-0.2, 0) is 33.3 Å². The zero-order chi connectivity index (χ0) is 45.5. The Morgan fingerprint density at radius 3 is 1.08 bits per heavy atom. The number of alkyl carbamates (subject to hydrolysis) is 4. The Hall–Kier alpha value is -4.95. The van der Waals surface area contributed by atoms with Crippen LogP contribution in [0.5, 0.6) is 0 Å². The number of carbonyl (C=O) groups excluding carboxylic acids is 7. The average Bonchev–Trinajstić information content (AvgIpc) is 3.05.